The van der Waals surface area contributed by atoms with Gasteiger partial charge in [-0.25, -0.2) is 14.1 Å². The van der Waals surface area contributed by atoms with Crippen LogP contribution in [0.2, 0.25) is 0 Å². The van der Waals surface area contributed by atoms with Crippen LogP contribution in [0.1, 0.15) is 0 Å². The molecule has 2 rings (SSSR count). The first-order valence-electron chi connectivity index (χ1n) is 3.40. The number of imidazole rings is 1. The first-order chi connectivity index (χ1) is 5.29. The summed E-state index contributed by atoms with van der Waals surface area (Å²) in [5, 5.41) is 0. The van der Waals surface area contributed by atoms with Crippen molar-refractivity contribution in [2.45, 2.75) is 0 Å². The Kier molecular flexibility index (Phi) is 1.15. The van der Waals surface area contributed by atoms with E-state index in [1.807, 2.05) is 29.6 Å². The first-order valence-corrected chi connectivity index (χ1v) is 3.40. The molecule has 4 nitrogen and oxygen atoms in total. The smallest absolute Gasteiger partial charge is 0.247 e. The number of fused-ring (bicyclic) bond motifs is 1. The highest BCUT2D eigenvalue weighted by Crippen LogP contribution is 1.99. The van der Waals surface area contributed by atoms with Crippen molar-refractivity contribution in [3.8, 4) is 0 Å². The fraction of sp³-hybridized carbons (Fsp3) is 0.286. The zero-order valence-electron chi connectivity index (χ0n) is 6.52. The lowest BCUT2D eigenvalue weighted by atomic mass is 10.6. The average Bonchev–Trinajstić information content (AvgIpc) is 2.30. The molecule has 0 spiro atoms. The van der Waals surface area contributed by atoms with Crippen molar-refractivity contribution in [2.24, 2.45) is 14.1 Å². The summed E-state index contributed by atoms with van der Waals surface area (Å²) in [5.74, 6) is 0. The molecule has 0 aliphatic heterocycles. The average molecular weight is 149 g/mol. The molecule has 0 bridgehead atoms. The Morgan fingerprint density at radius 2 is 2.09 bits per heavy atom. The predicted octanol–water partition coefficient (Wildman–Crippen LogP) is -0.207. The van der Waals surface area contributed by atoms with Crippen molar-refractivity contribution in [1.82, 2.24) is 14.5 Å². The van der Waals surface area contributed by atoms with Gasteiger partial charge >= 0.3 is 5.65 Å². The highest BCUT2D eigenvalue weighted by atomic mass is 15.2. The van der Waals surface area contributed by atoms with Crippen LogP contribution in [0.3, 0.4) is 0 Å². The third-order valence-corrected chi connectivity index (χ3v) is 1.67. The highest BCUT2D eigenvalue weighted by molar-refractivity contribution is 5.60. The molecule has 56 valence electrons. The zero-order chi connectivity index (χ0) is 7.84. The van der Waals surface area contributed by atoms with Crippen LogP contribution in [0.5, 0.6) is 0 Å². The Bertz CT molecular complexity index is 354. The molecule has 0 aliphatic carbocycles. The fourth-order valence-electron chi connectivity index (χ4n) is 1.19. The molecule has 0 radical (unpaired) electrons. The molecule has 0 aromatic carbocycles. The maximum atomic E-state index is 4.18. The molecule has 0 N–H and O–H groups in total. The van der Waals surface area contributed by atoms with Crippen molar-refractivity contribution in [3.63, 3.8) is 0 Å². The first kappa shape index (κ1) is 6.27. The van der Waals surface area contributed by atoms with Crippen LogP contribution < -0.4 is 4.57 Å². The van der Waals surface area contributed by atoms with Gasteiger partial charge in [0.25, 0.3) is 5.65 Å². The van der Waals surface area contributed by atoms with Gasteiger partial charge in [-0.3, -0.25) is 0 Å². The summed E-state index contributed by atoms with van der Waals surface area (Å²) in [6, 6.07) is 0. The third kappa shape index (κ3) is 0.790. The van der Waals surface area contributed by atoms with Gasteiger partial charge in [0, 0.05) is 0 Å². The van der Waals surface area contributed by atoms with Gasteiger partial charge in [0.15, 0.2) is 6.33 Å². The monoisotopic (exact) mass is 149 g/mol. The molecule has 0 saturated heterocycles. The summed E-state index contributed by atoms with van der Waals surface area (Å²) in [5.41, 5.74) is 1.82. The summed E-state index contributed by atoms with van der Waals surface area (Å²) < 4.78 is 3.89. The van der Waals surface area contributed by atoms with E-state index in [1.165, 1.54) is 0 Å². The van der Waals surface area contributed by atoms with Crippen LogP contribution in [0.15, 0.2) is 18.7 Å². The minimum Gasteiger partial charge on any atom is -0.247 e. The van der Waals surface area contributed by atoms with E-state index in [0.29, 0.717) is 0 Å². The van der Waals surface area contributed by atoms with E-state index < -0.39 is 0 Å². The van der Waals surface area contributed by atoms with E-state index in [2.05, 4.69) is 9.97 Å². The fourth-order valence-corrected chi connectivity index (χ4v) is 1.19. The van der Waals surface area contributed by atoms with Crippen LogP contribution in [0.4, 0.5) is 0 Å². The molecular formula is C7H9N4+. The normalized spacial score (nSPS) is 10.7. The SMILES string of the molecule is Cn1c[n+](C)c2nccnc21. The maximum Gasteiger partial charge on any atom is 0.321 e. The number of nitrogens with zero attached hydrogens (tertiary/aromatic N) is 4. The standard InChI is InChI=1S/C7H9N4/c1-10-5-11(2)7-6(10)8-3-4-9-7/h3-5H,1-2H3/q+1. The molecule has 0 fully saturated rings. The lowest BCUT2D eigenvalue weighted by molar-refractivity contribution is -0.647. The molecule has 11 heavy (non-hydrogen) atoms. The van der Waals surface area contributed by atoms with Gasteiger partial charge in [0.1, 0.15) is 6.20 Å². The molecule has 2 heterocycles. The summed E-state index contributed by atoms with van der Waals surface area (Å²) in [4.78, 5) is 8.36. The lowest BCUT2D eigenvalue weighted by Crippen LogP contribution is -2.26. The maximum absolute atomic E-state index is 4.18. The van der Waals surface area contributed by atoms with Crippen LogP contribution in [0.25, 0.3) is 11.3 Å². The molecule has 0 aliphatic rings. The second-order valence-corrected chi connectivity index (χ2v) is 2.54. The van der Waals surface area contributed by atoms with E-state index >= 15 is 0 Å². The minimum absolute atomic E-state index is 0.912. The van der Waals surface area contributed by atoms with Gasteiger partial charge in [0.05, 0.1) is 20.3 Å². The van der Waals surface area contributed by atoms with Crippen molar-refractivity contribution < 1.29 is 4.57 Å². The molecule has 0 atom stereocenters. The van der Waals surface area contributed by atoms with Gasteiger partial charge in [-0.2, -0.15) is 0 Å². The largest absolute Gasteiger partial charge is 0.321 e. The molecule has 2 aromatic rings. The van der Waals surface area contributed by atoms with Crippen LogP contribution in [-0.4, -0.2) is 14.5 Å². The van der Waals surface area contributed by atoms with Crippen molar-refractivity contribution in [1.29, 1.82) is 0 Å². The van der Waals surface area contributed by atoms with E-state index in [-0.39, 0.29) is 0 Å². The number of rotatable bonds is 0. The van der Waals surface area contributed by atoms with E-state index in [9.17, 15) is 0 Å². The topological polar surface area (TPSA) is 34.6 Å². The summed E-state index contributed by atoms with van der Waals surface area (Å²) in [7, 11) is 3.91. The van der Waals surface area contributed by atoms with Crippen LogP contribution >= 0.6 is 0 Å². The summed E-state index contributed by atoms with van der Waals surface area (Å²) >= 11 is 0. The lowest BCUT2D eigenvalue weighted by Gasteiger charge is -1.81. The van der Waals surface area contributed by atoms with Gasteiger partial charge < -0.3 is 0 Å². The quantitative estimate of drug-likeness (QED) is 0.486. The Labute approximate surface area is 64.1 Å². The van der Waals surface area contributed by atoms with Crippen molar-refractivity contribution >= 4 is 11.3 Å². The Balaban J connectivity index is 2.95. The molecule has 0 unspecified atom stereocenters. The molecule has 0 saturated carbocycles. The predicted molar refractivity (Wildman–Crippen MR) is 39.7 cm³/mol. The van der Waals surface area contributed by atoms with Gasteiger partial charge in [-0.15, -0.1) is 4.98 Å². The van der Waals surface area contributed by atoms with Crippen LogP contribution in [0, 0.1) is 0 Å². The number of aryl methyl sites for hydroxylation is 2. The Morgan fingerprint density at radius 1 is 1.36 bits per heavy atom. The van der Waals surface area contributed by atoms with E-state index in [4.69, 9.17) is 0 Å². The van der Waals surface area contributed by atoms with E-state index in [1.54, 1.807) is 12.4 Å². The second kappa shape index (κ2) is 2.02. The zero-order valence-corrected chi connectivity index (χ0v) is 6.52. The Hall–Kier alpha value is -1.45. The molecule has 4 heteroatoms. The van der Waals surface area contributed by atoms with Crippen molar-refractivity contribution in [3.05, 3.63) is 18.7 Å². The molecular weight excluding hydrogens is 140 g/mol. The molecule has 0 amide bonds. The third-order valence-electron chi connectivity index (χ3n) is 1.67. The summed E-state index contributed by atoms with van der Waals surface area (Å²) in [6.07, 6.45) is 5.34. The number of aromatic nitrogens is 4. The van der Waals surface area contributed by atoms with Crippen molar-refractivity contribution in [2.75, 3.05) is 0 Å². The Morgan fingerprint density at radius 3 is 2.82 bits per heavy atom. The second-order valence-electron chi connectivity index (χ2n) is 2.54. The number of hydrogen-bond donors (Lipinski definition) is 0. The van der Waals surface area contributed by atoms with Gasteiger partial charge in [0.2, 0.25) is 0 Å². The number of hydrogen-bond acceptors (Lipinski definition) is 2. The van der Waals surface area contributed by atoms with Gasteiger partial charge in [-0.05, 0) is 0 Å². The van der Waals surface area contributed by atoms with E-state index in [0.717, 1.165) is 11.3 Å². The van der Waals surface area contributed by atoms with Gasteiger partial charge in [-0.1, -0.05) is 0 Å². The minimum atomic E-state index is 0.912. The summed E-state index contributed by atoms with van der Waals surface area (Å²) in [6.45, 7) is 0. The molecule has 2 aromatic heterocycles. The van der Waals surface area contributed by atoms with Crippen LogP contribution in [-0.2, 0) is 14.1 Å². The highest BCUT2D eigenvalue weighted by Gasteiger charge is 2.10.